The molecule has 3 aromatic heterocycles. The Labute approximate surface area is 357 Å². The van der Waals surface area contributed by atoms with E-state index in [2.05, 4.69) is 146 Å². The summed E-state index contributed by atoms with van der Waals surface area (Å²) in [7, 11) is 0. The van der Waals surface area contributed by atoms with Crippen LogP contribution in [0.15, 0.2) is 188 Å². The Hall–Kier alpha value is -7.54. The second kappa shape index (κ2) is 13.8. The molecule has 0 saturated heterocycles. The molecule has 0 saturated carbocycles. The Morgan fingerprint density at radius 3 is 1.72 bits per heavy atom. The van der Waals surface area contributed by atoms with Gasteiger partial charge in [-0.1, -0.05) is 159 Å². The number of benzene rings is 8. The summed E-state index contributed by atoms with van der Waals surface area (Å²) in [6.07, 6.45) is 0. The van der Waals surface area contributed by atoms with Crippen LogP contribution in [0.4, 0.5) is 0 Å². The smallest absolute Gasteiger partial charge is 0.164 e. The predicted molar refractivity (Wildman–Crippen MR) is 252 cm³/mol. The fourth-order valence-corrected chi connectivity index (χ4v) is 10.4. The maximum Gasteiger partial charge on any atom is 0.164 e. The SMILES string of the molecule is CC1(C)c2ccc(-c3ccc4c(c3)c3ccccc3n4-c3cccc(-c4nc(-c5ccccc5)nc(-c5ccccc5)n4)c3)cc2-c2c1ccc1nc(-c3ccccc3)sc21. The van der Waals surface area contributed by atoms with Gasteiger partial charge in [-0.15, -0.1) is 11.3 Å². The first-order chi connectivity index (χ1) is 30.0. The van der Waals surface area contributed by atoms with Crippen LogP contribution in [-0.4, -0.2) is 24.5 Å². The summed E-state index contributed by atoms with van der Waals surface area (Å²) in [5.74, 6) is 1.92. The Morgan fingerprint density at radius 2 is 1.00 bits per heavy atom. The lowest BCUT2D eigenvalue weighted by Gasteiger charge is -2.21. The van der Waals surface area contributed by atoms with Gasteiger partial charge in [-0.2, -0.15) is 0 Å². The molecule has 61 heavy (non-hydrogen) atoms. The Bertz CT molecular complexity index is 3440. The van der Waals surface area contributed by atoms with E-state index in [0.717, 1.165) is 49.5 Å². The molecule has 0 fully saturated rings. The van der Waals surface area contributed by atoms with Crippen molar-refractivity contribution < 1.29 is 0 Å². The quantitative estimate of drug-likeness (QED) is 0.168. The zero-order valence-electron chi connectivity index (χ0n) is 33.5. The molecule has 0 bridgehead atoms. The monoisotopic (exact) mass is 799 g/mol. The standard InChI is InChI=1S/C55H37N5S/c1-55(2)44-27-25-37(33-43(44)49-45(55)28-29-46-50(49)61-54(56-46)36-19-10-5-11-20-36)38-26-30-48-42(32-38)41-23-12-13-24-47(41)60(48)40-22-14-21-39(31-40)53-58-51(34-15-6-3-7-16-34)57-52(59-53)35-17-8-4-9-18-35/h3-33H,1-2H3. The van der Waals surface area contributed by atoms with E-state index >= 15 is 0 Å². The van der Waals surface area contributed by atoms with Gasteiger partial charge in [-0.05, 0) is 70.3 Å². The highest BCUT2D eigenvalue weighted by Gasteiger charge is 2.37. The number of para-hydroxylation sites is 1. The zero-order valence-corrected chi connectivity index (χ0v) is 34.4. The molecule has 0 aliphatic heterocycles. The first kappa shape index (κ1) is 35.4. The molecular weight excluding hydrogens is 763 g/mol. The van der Waals surface area contributed by atoms with Crippen molar-refractivity contribution >= 4 is 43.4 Å². The summed E-state index contributed by atoms with van der Waals surface area (Å²) < 4.78 is 3.62. The predicted octanol–water partition coefficient (Wildman–Crippen LogP) is 14.2. The van der Waals surface area contributed by atoms with Crippen molar-refractivity contribution in [3.05, 3.63) is 199 Å². The largest absolute Gasteiger partial charge is 0.309 e. The van der Waals surface area contributed by atoms with Crippen LogP contribution in [-0.2, 0) is 5.41 Å². The van der Waals surface area contributed by atoms with E-state index < -0.39 is 0 Å². The van der Waals surface area contributed by atoms with Gasteiger partial charge in [0.05, 0.1) is 21.3 Å². The highest BCUT2D eigenvalue weighted by molar-refractivity contribution is 7.22. The van der Waals surface area contributed by atoms with Crippen molar-refractivity contribution in [2.75, 3.05) is 0 Å². The fraction of sp³-hybridized carbons (Fsp3) is 0.0545. The highest BCUT2D eigenvalue weighted by Crippen LogP contribution is 2.53. The van der Waals surface area contributed by atoms with Crippen molar-refractivity contribution in [3.63, 3.8) is 0 Å². The Kier molecular flexibility index (Phi) is 7.99. The molecule has 0 amide bonds. The molecule has 1 aliphatic carbocycles. The first-order valence-electron chi connectivity index (χ1n) is 20.6. The summed E-state index contributed by atoms with van der Waals surface area (Å²) >= 11 is 1.80. The van der Waals surface area contributed by atoms with Gasteiger partial charge in [-0.3, -0.25) is 0 Å². The molecule has 0 spiro atoms. The van der Waals surface area contributed by atoms with E-state index in [9.17, 15) is 0 Å². The van der Waals surface area contributed by atoms with Crippen LogP contribution in [0.1, 0.15) is 25.0 Å². The van der Waals surface area contributed by atoms with Crippen molar-refractivity contribution in [1.82, 2.24) is 24.5 Å². The fourth-order valence-electron chi connectivity index (χ4n) is 9.26. The summed E-state index contributed by atoms with van der Waals surface area (Å²) in [4.78, 5) is 20.1. The van der Waals surface area contributed by atoms with Crippen LogP contribution in [0, 0.1) is 0 Å². The van der Waals surface area contributed by atoms with Crippen LogP contribution in [0.2, 0.25) is 0 Å². The number of rotatable bonds is 6. The molecule has 0 atom stereocenters. The minimum Gasteiger partial charge on any atom is -0.309 e. The minimum atomic E-state index is -0.117. The third kappa shape index (κ3) is 5.75. The van der Waals surface area contributed by atoms with Crippen LogP contribution in [0.25, 0.3) is 105 Å². The van der Waals surface area contributed by atoms with E-state index in [1.54, 1.807) is 11.3 Å². The zero-order chi connectivity index (χ0) is 40.7. The molecule has 288 valence electrons. The van der Waals surface area contributed by atoms with Crippen LogP contribution >= 0.6 is 11.3 Å². The van der Waals surface area contributed by atoms with Gasteiger partial charge >= 0.3 is 0 Å². The van der Waals surface area contributed by atoms with Crippen molar-refractivity contribution in [1.29, 1.82) is 0 Å². The van der Waals surface area contributed by atoms with E-state index in [4.69, 9.17) is 19.9 Å². The van der Waals surface area contributed by atoms with Gasteiger partial charge < -0.3 is 4.57 Å². The van der Waals surface area contributed by atoms with Gasteiger partial charge in [0.2, 0.25) is 0 Å². The second-order valence-electron chi connectivity index (χ2n) is 16.3. The van der Waals surface area contributed by atoms with Crippen LogP contribution < -0.4 is 0 Å². The molecule has 6 heteroatoms. The van der Waals surface area contributed by atoms with Crippen molar-refractivity contribution in [2.45, 2.75) is 19.3 Å². The summed E-state index contributed by atoms with van der Waals surface area (Å²) in [5, 5.41) is 3.46. The third-order valence-corrected chi connectivity index (χ3v) is 13.4. The number of fused-ring (bicyclic) bond motifs is 8. The lowest BCUT2D eigenvalue weighted by molar-refractivity contribution is 0.661. The first-order valence-corrected chi connectivity index (χ1v) is 21.5. The van der Waals surface area contributed by atoms with Gasteiger partial charge in [0.15, 0.2) is 17.5 Å². The number of hydrogen-bond donors (Lipinski definition) is 0. The molecule has 0 radical (unpaired) electrons. The average Bonchev–Trinajstić information content (AvgIpc) is 3.98. The lowest BCUT2D eigenvalue weighted by Crippen LogP contribution is -2.14. The van der Waals surface area contributed by atoms with Gasteiger partial charge in [0.1, 0.15) is 5.01 Å². The summed E-state index contributed by atoms with van der Waals surface area (Å²) in [6, 6.07) is 66.5. The minimum absolute atomic E-state index is 0.117. The van der Waals surface area contributed by atoms with Crippen LogP contribution in [0.3, 0.4) is 0 Å². The van der Waals surface area contributed by atoms with Crippen molar-refractivity contribution in [2.24, 2.45) is 0 Å². The number of aromatic nitrogens is 5. The van der Waals surface area contributed by atoms with Gasteiger partial charge in [-0.25, -0.2) is 19.9 Å². The molecule has 8 aromatic carbocycles. The molecule has 12 rings (SSSR count). The molecule has 1 aliphatic rings. The van der Waals surface area contributed by atoms with E-state index in [-0.39, 0.29) is 5.41 Å². The summed E-state index contributed by atoms with van der Waals surface area (Å²) in [6.45, 7) is 4.70. The Morgan fingerprint density at radius 1 is 0.426 bits per heavy atom. The van der Waals surface area contributed by atoms with E-state index in [1.165, 1.54) is 48.9 Å². The average molecular weight is 800 g/mol. The third-order valence-electron chi connectivity index (χ3n) is 12.3. The topological polar surface area (TPSA) is 56.5 Å². The second-order valence-corrected chi connectivity index (χ2v) is 17.3. The van der Waals surface area contributed by atoms with Gasteiger partial charge in [0, 0.05) is 49.7 Å². The normalized spacial score (nSPS) is 12.9. The van der Waals surface area contributed by atoms with E-state index in [1.807, 2.05) is 60.7 Å². The molecule has 11 aromatic rings. The van der Waals surface area contributed by atoms with Gasteiger partial charge in [0.25, 0.3) is 0 Å². The summed E-state index contributed by atoms with van der Waals surface area (Å²) in [5.41, 5.74) is 16.0. The molecular formula is C55H37N5S. The number of hydrogen-bond acceptors (Lipinski definition) is 5. The van der Waals surface area contributed by atoms with E-state index in [0.29, 0.717) is 17.5 Å². The lowest BCUT2D eigenvalue weighted by atomic mass is 9.82. The Balaban J connectivity index is 0.977. The maximum atomic E-state index is 5.11. The number of thiazole rings is 1. The molecule has 0 N–H and O–H groups in total. The highest BCUT2D eigenvalue weighted by atomic mass is 32.1. The van der Waals surface area contributed by atoms with Crippen LogP contribution in [0.5, 0.6) is 0 Å². The van der Waals surface area contributed by atoms with Crippen molar-refractivity contribution in [3.8, 4) is 72.7 Å². The number of nitrogens with zero attached hydrogens (tertiary/aromatic N) is 5. The maximum absolute atomic E-state index is 5.11. The molecule has 5 nitrogen and oxygen atoms in total. The molecule has 3 heterocycles. The molecule has 0 unspecified atom stereocenters.